The van der Waals surface area contributed by atoms with Crippen LogP contribution in [-0.2, 0) is 12.8 Å². The Balaban J connectivity index is 2.24. The summed E-state index contributed by atoms with van der Waals surface area (Å²) in [6.45, 7) is 0. The van der Waals surface area contributed by atoms with Crippen molar-refractivity contribution in [2.45, 2.75) is 10.9 Å². The number of nitrogens with two attached hydrogens (primary N) is 1. The molecule has 4 N–H and O–H groups in total. The predicted octanol–water partition coefficient (Wildman–Crippen LogP) is 0.184. The summed E-state index contributed by atoms with van der Waals surface area (Å²) in [5, 5.41) is 9.94. The lowest BCUT2D eigenvalue weighted by molar-refractivity contribution is 0.596. The Morgan fingerprint density at radius 2 is 2.19 bits per heavy atom. The molecule has 0 bridgehead atoms. The van der Waals surface area contributed by atoms with Crippen LogP contribution in [0.25, 0.3) is 0 Å². The molecule has 0 saturated heterocycles. The monoisotopic (exact) mass is 309 g/mol. The molecule has 0 unspecified atom stereocenters. The smallest absolute Gasteiger partial charge is 0.339 e. The molecule has 2 rings (SSSR count). The number of H-pyrrole nitrogens is 1. The van der Waals surface area contributed by atoms with E-state index >= 15 is 0 Å². The largest absolute Gasteiger partial charge is 0.384 e. The fourth-order valence-electron chi connectivity index (χ4n) is 1.63. The van der Waals surface area contributed by atoms with Gasteiger partial charge in [-0.2, -0.15) is 4.98 Å². The summed E-state index contributed by atoms with van der Waals surface area (Å²) in [6, 6.07) is 4.07. The lowest BCUT2D eigenvalue weighted by atomic mass is 10.1. The Morgan fingerprint density at radius 3 is 2.86 bits per heavy atom. The molecule has 0 amide bonds. The molecule has 21 heavy (non-hydrogen) atoms. The Morgan fingerprint density at radius 1 is 1.48 bits per heavy atom. The van der Waals surface area contributed by atoms with E-state index in [0.717, 1.165) is 11.8 Å². The molecule has 0 fully saturated rings. The van der Waals surface area contributed by atoms with Crippen LogP contribution in [0.4, 0.5) is 4.39 Å². The fraction of sp³-hybridized carbons (Fsp3) is 0.167. The van der Waals surface area contributed by atoms with Crippen LogP contribution < -0.4 is 16.9 Å². The van der Waals surface area contributed by atoms with E-state index in [4.69, 9.17) is 11.1 Å². The highest BCUT2D eigenvalue weighted by Crippen LogP contribution is 2.20. The van der Waals surface area contributed by atoms with E-state index in [1.807, 2.05) is 0 Å². The highest BCUT2D eigenvalue weighted by Gasteiger charge is 2.07. The number of halogens is 1. The van der Waals surface area contributed by atoms with Gasteiger partial charge in [-0.05, 0) is 23.8 Å². The van der Waals surface area contributed by atoms with E-state index in [1.165, 1.54) is 16.8 Å². The van der Waals surface area contributed by atoms with E-state index in [0.29, 0.717) is 16.5 Å². The molecule has 2 aromatic rings. The lowest BCUT2D eigenvalue weighted by Gasteiger charge is -2.07. The highest BCUT2D eigenvalue weighted by atomic mass is 32.2. The minimum absolute atomic E-state index is 0.227. The molecule has 0 aliphatic heterocycles. The summed E-state index contributed by atoms with van der Waals surface area (Å²) >= 11 is 1.16. The number of nitrogens with zero attached hydrogens (tertiary/aromatic N) is 2. The van der Waals surface area contributed by atoms with Crippen LogP contribution in [0.3, 0.4) is 0 Å². The van der Waals surface area contributed by atoms with Gasteiger partial charge in [0.2, 0.25) is 0 Å². The minimum Gasteiger partial charge on any atom is -0.384 e. The zero-order chi connectivity index (χ0) is 15.6. The SMILES string of the molecule is Cn1[nH]c(=O)c(=O)nc1SCc1cc(F)cc(C(=N)N)c1. The van der Waals surface area contributed by atoms with E-state index in [2.05, 4.69) is 10.1 Å². The van der Waals surface area contributed by atoms with Crippen LogP contribution in [0, 0.1) is 11.2 Å². The zero-order valence-electron chi connectivity index (χ0n) is 11.0. The number of thioether (sulfide) groups is 1. The maximum atomic E-state index is 13.4. The average molecular weight is 309 g/mol. The van der Waals surface area contributed by atoms with Gasteiger partial charge < -0.3 is 5.73 Å². The van der Waals surface area contributed by atoms with Crippen molar-refractivity contribution in [3.8, 4) is 0 Å². The molecule has 0 saturated carbocycles. The van der Waals surface area contributed by atoms with Gasteiger partial charge in [0.05, 0.1) is 0 Å². The van der Waals surface area contributed by atoms with Gasteiger partial charge in [-0.1, -0.05) is 11.8 Å². The van der Waals surface area contributed by atoms with Gasteiger partial charge in [0.25, 0.3) is 0 Å². The maximum Gasteiger partial charge on any atom is 0.339 e. The molecule has 1 heterocycles. The van der Waals surface area contributed by atoms with Crippen LogP contribution in [0.2, 0.25) is 0 Å². The number of nitrogens with one attached hydrogen (secondary N) is 2. The molecule has 0 aliphatic rings. The van der Waals surface area contributed by atoms with Crippen molar-refractivity contribution in [2.24, 2.45) is 12.8 Å². The first kappa shape index (κ1) is 15.0. The molecule has 0 spiro atoms. The molecule has 1 aromatic heterocycles. The van der Waals surface area contributed by atoms with Gasteiger partial charge in [-0.3, -0.25) is 24.8 Å². The standard InChI is InChI=1S/C12H12FN5O2S/c1-18-12(16-10(19)11(20)17-18)21-5-6-2-7(9(14)15)4-8(13)3-6/h2-4H,5H2,1H3,(H3,14,15)(H,17,20). The fourth-order valence-corrected chi connectivity index (χ4v) is 2.48. The second kappa shape index (κ2) is 5.92. The van der Waals surface area contributed by atoms with Gasteiger partial charge in [-0.15, -0.1) is 0 Å². The number of benzene rings is 1. The number of hydrogen-bond donors (Lipinski definition) is 3. The molecule has 1 aromatic carbocycles. The number of aryl methyl sites for hydroxylation is 1. The first-order valence-electron chi connectivity index (χ1n) is 5.81. The molecular formula is C12H12FN5O2S. The summed E-state index contributed by atoms with van der Waals surface area (Å²) in [4.78, 5) is 25.9. The van der Waals surface area contributed by atoms with Crippen LogP contribution in [0.1, 0.15) is 11.1 Å². The first-order chi connectivity index (χ1) is 9.86. The van der Waals surface area contributed by atoms with Crippen molar-refractivity contribution < 1.29 is 4.39 Å². The summed E-state index contributed by atoms with van der Waals surface area (Å²) in [7, 11) is 1.54. The van der Waals surface area contributed by atoms with E-state index in [-0.39, 0.29) is 11.4 Å². The van der Waals surface area contributed by atoms with Crippen LogP contribution in [0.15, 0.2) is 32.9 Å². The van der Waals surface area contributed by atoms with Crippen molar-refractivity contribution in [1.29, 1.82) is 5.41 Å². The quantitative estimate of drug-likeness (QED) is 0.322. The molecule has 0 atom stereocenters. The number of nitrogen functional groups attached to an aromatic ring is 1. The Hall–Kier alpha value is -2.42. The van der Waals surface area contributed by atoms with Crippen molar-refractivity contribution >= 4 is 17.6 Å². The van der Waals surface area contributed by atoms with E-state index < -0.39 is 16.9 Å². The van der Waals surface area contributed by atoms with Crippen LogP contribution in [0.5, 0.6) is 0 Å². The topological polar surface area (TPSA) is 118 Å². The van der Waals surface area contributed by atoms with Crippen molar-refractivity contribution in [1.82, 2.24) is 14.8 Å². The predicted molar refractivity (Wildman–Crippen MR) is 77.1 cm³/mol. The second-order valence-electron chi connectivity index (χ2n) is 4.25. The van der Waals surface area contributed by atoms with Gasteiger partial charge >= 0.3 is 11.1 Å². The third-order valence-corrected chi connectivity index (χ3v) is 3.69. The normalized spacial score (nSPS) is 10.6. The van der Waals surface area contributed by atoms with Crippen molar-refractivity contribution in [2.75, 3.05) is 0 Å². The molecule has 7 nitrogen and oxygen atoms in total. The van der Waals surface area contributed by atoms with E-state index in [1.54, 1.807) is 13.1 Å². The van der Waals surface area contributed by atoms with Gasteiger partial charge in [-0.25, -0.2) is 4.39 Å². The molecule has 110 valence electrons. The van der Waals surface area contributed by atoms with E-state index in [9.17, 15) is 14.0 Å². The van der Waals surface area contributed by atoms with Crippen molar-refractivity contribution in [3.63, 3.8) is 0 Å². The average Bonchev–Trinajstić information content (AvgIpc) is 2.40. The number of hydrogen-bond acceptors (Lipinski definition) is 5. The highest BCUT2D eigenvalue weighted by molar-refractivity contribution is 7.98. The maximum absolute atomic E-state index is 13.4. The Kier molecular flexibility index (Phi) is 4.22. The Bertz CT molecular complexity index is 814. The molecular weight excluding hydrogens is 297 g/mol. The third kappa shape index (κ3) is 3.57. The summed E-state index contributed by atoms with van der Waals surface area (Å²) in [5.41, 5.74) is 4.53. The minimum atomic E-state index is -0.876. The summed E-state index contributed by atoms with van der Waals surface area (Å²) in [6.07, 6.45) is 0. The first-order valence-corrected chi connectivity index (χ1v) is 6.79. The third-order valence-electron chi connectivity index (χ3n) is 2.58. The summed E-state index contributed by atoms with van der Waals surface area (Å²) in [5.74, 6) is -0.415. The number of aromatic amines is 1. The molecule has 9 heteroatoms. The van der Waals surface area contributed by atoms with Crippen LogP contribution >= 0.6 is 11.8 Å². The van der Waals surface area contributed by atoms with Gasteiger partial charge in [0.1, 0.15) is 11.7 Å². The molecule has 0 aliphatic carbocycles. The van der Waals surface area contributed by atoms with Crippen LogP contribution in [-0.4, -0.2) is 20.6 Å². The number of aromatic nitrogens is 3. The Labute approximate surface area is 122 Å². The number of rotatable bonds is 4. The summed E-state index contributed by atoms with van der Waals surface area (Å²) < 4.78 is 14.7. The number of amidine groups is 1. The molecule has 0 radical (unpaired) electrons. The van der Waals surface area contributed by atoms with Gasteiger partial charge in [0.15, 0.2) is 5.16 Å². The lowest BCUT2D eigenvalue weighted by Crippen LogP contribution is -2.33. The zero-order valence-corrected chi connectivity index (χ0v) is 11.8. The van der Waals surface area contributed by atoms with Gasteiger partial charge in [0, 0.05) is 18.4 Å². The van der Waals surface area contributed by atoms with Crippen molar-refractivity contribution in [3.05, 3.63) is 55.9 Å². The second-order valence-corrected chi connectivity index (χ2v) is 5.19.